The second-order valence-corrected chi connectivity index (χ2v) is 10.9. The Balaban J connectivity index is 1.27. The van der Waals surface area contributed by atoms with Crippen LogP contribution in [-0.2, 0) is 9.59 Å². The van der Waals surface area contributed by atoms with Crippen molar-refractivity contribution in [3.63, 3.8) is 0 Å². The Labute approximate surface area is 234 Å². The van der Waals surface area contributed by atoms with Gasteiger partial charge in [0.05, 0.1) is 17.6 Å². The summed E-state index contributed by atoms with van der Waals surface area (Å²) in [6, 6.07) is 25.7. The van der Waals surface area contributed by atoms with Crippen LogP contribution in [0, 0.1) is 0 Å². The van der Waals surface area contributed by atoms with E-state index in [0.717, 1.165) is 42.5 Å². The molecule has 3 aliphatic rings. The van der Waals surface area contributed by atoms with E-state index in [2.05, 4.69) is 0 Å². The Bertz CT molecular complexity index is 1300. The first-order valence-electron chi connectivity index (χ1n) is 14.1. The van der Waals surface area contributed by atoms with Crippen molar-refractivity contribution < 1.29 is 24.5 Å². The number of benzene rings is 3. The topological polar surface area (TPSA) is 93.5 Å². The van der Waals surface area contributed by atoms with Crippen molar-refractivity contribution in [1.29, 1.82) is 0 Å². The number of carboxylic acid groups (broad SMARTS) is 1. The molecule has 0 spiro atoms. The predicted octanol–water partition coefficient (Wildman–Crippen LogP) is 3.90. The van der Waals surface area contributed by atoms with Crippen LogP contribution in [0.15, 0.2) is 84.9 Å². The van der Waals surface area contributed by atoms with Crippen LogP contribution in [0.25, 0.3) is 0 Å². The molecule has 3 aromatic rings. The van der Waals surface area contributed by atoms with Crippen molar-refractivity contribution in [2.45, 2.75) is 56.1 Å². The molecular formula is C32H35N3O5. The number of carbonyl (C=O) groups is 2. The lowest BCUT2D eigenvalue weighted by Gasteiger charge is -2.52. The summed E-state index contributed by atoms with van der Waals surface area (Å²) < 4.78 is 6.30. The van der Waals surface area contributed by atoms with Gasteiger partial charge < -0.3 is 24.7 Å². The van der Waals surface area contributed by atoms with Gasteiger partial charge in [-0.3, -0.25) is 9.59 Å². The van der Waals surface area contributed by atoms with E-state index in [4.69, 9.17) is 4.74 Å². The number of ether oxygens (including phenoxy) is 1. The molecule has 1 aliphatic carbocycles. The quantitative estimate of drug-likeness (QED) is 0.489. The van der Waals surface area contributed by atoms with E-state index in [-0.39, 0.29) is 31.1 Å². The van der Waals surface area contributed by atoms with Crippen LogP contribution in [-0.4, -0.2) is 76.1 Å². The number of carbonyl (C=O) groups excluding carboxylic acids is 1. The van der Waals surface area contributed by atoms with Gasteiger partial charge in [-0.15, -0.1) is 0 Å². The average Bonchev–Trinajstić information content (AvgIpc) is 3.00. The van der Waals surface area contributed by atoms with E-state index in [1.807, 2.05) is 89.8 Å². The molecule has 1 amide bonds. The highest BCUT2D eigenvalue weighted by Crippen LogP contribution is 2.42. The van der Waals surface area contributed by atoms with Crippen molar-refractivity contribution in [1.82, 2.24) is 9.80 Å². The lowest BCUT2D eigenvalue weighted by Crippen LogP contribution is -2.67. The Morgan fingerprint density at radius 1 is 0.825 bits per heavy atom. The molecule has 3 unspecified atom stereocenters. The number of rotatable bonds is 6. The van der Waals surface area contributed by atoms with E-state index in [1.165, 1.54) is 0 Å². The minimum atomic E-state index is -1.16. The number of aliphatic hydroxyl groups is 1. The Kier molecular flexibility index (Phi) is 7.45. The van der Waals surface area contributed by atoms with Gasteiger partial charge in [0.15, 0.2) is 6.35 Å². The molecule has 6 rings (SSSR count). The van der Waals surface area contributed by atoms with Crippen molar-refractivity contribution in [3.05, 3.63) is 96.1 Å². The summed E-state index contributed by atoms with van der Waals surface area (Å²) in [6.07, 6.45) is 2.64. The molecule has 8 nitrogen and oxygen atoms in total. The fourth-order valence-corrected chi connectivity index (χ4v) is 6.54. The van der Waals surface area contributed by atoms with Gasteiger partial charge >= 0.3 is 5.97 Å². The molecular weight excluding hydrogens is 506 g/mol. The molecule has 2 heterocycles. The number of carboxylic acids is 1. The molecule has 8 heteroatoms. The van der Waals surface area contributed by atoms with Gasteiger partial charge in [-0.2, -0.15) is 0 Å². The lowest BCUT2D eigenvalue weighted by atomic mass is 9.89. The molecule has 4 atom stereocenters. The molecule has 208 valence electrons. The van der Waals surface area contributed by atoms with Crippen LogP contribution in [0.3, 0.4) is 0 Å². The molecule has 3 aromatic carbocycles. The highest BCUT2D eigenvalue weighted by Gasteiger charge is 2.46. The normalized spacial score (nSPS) is 23.6. The van der Waals surface area contributed by atoms with E-state index in [9.17, 15) is 19.8 Å². The fourth-order valence-electron chi connectivity index (χ4n) is 6.54. The molecule has 0 aromatic heterocycles. The molecule has 2 N–H and O–H groups in total. The summed E-state index contributed by atoms with van der Waals surface area (Å²) >= 11 is 0. The first kappa shape index (κ1) is 26.3. The van der Waals surface area contributed by atoms with Gasteiger partial charge in [0.2, 0.25) is 5.91 Å². The second kappa shape index (κ2) is 11.3. The zero-order chi connectivity index (χ0) is 27.6. The number of hydrogen-bond acceptors (Lipinski definition) is 6. The van der Waals surface area contributed by atoms with Gasteiger partial charge in [0.1, 0.15) is 17.9 Å². The van der Waals surface area contributed by atoms with E-state index in [0.29, 0.717) is 12.3 Å². The van der Waals surface area contributed by atoms with Gasteiger partial charge in [-0.05, 0) is 42.5 Å². The number of piperazine rings is 1. The van der Waals surface area contributed by atoms with Crippen LogP contribution < -0.4 is 9.64 Å². The van der Waals surface area contributed by atoms with E-state index < -0.39 is 24.3 Å². The number of fused-ring (bicyclic) bond motifs is 2. The molecule has 1 saturated heterocycles. The molecule has 2 fully saturated rings. The van der Waals surface area contributed by atoms with Crippen LogP contribution >= 0.6 is 0 Å². The third-order valence-electron chi connectivity index (χ3n) is 8.52. The third-order valence-corrected chi connectivity index (χ3v) is 8.52. The number of aliphatic carboxylic acids is 1. The molecule has 0 bridgehead atoms. The zero-order valence-electron chi connectivity index (χ0n) is 22.4. The maximum atomic E-state index is 14.0. The SMILES string of the molecule is O=C(O)[C@@H]1CN(C(=O)C(c2ccccc2)c2ccccc2)CCN1C(O)N1c2ccccc2OC2CCCCC21. The number of hydrogen-bond donors (Lipinski definition) is 2. The summed E-state index contributed by atoms with van der Waals surface area (Å²) in [5.74, 6) is -1.03. The maximum Gasteiger partial charge on any atom is 0.322 e. The lowest BCUT2D eigenvalue weighted by molar-refractivity contribution is -0.157. The molecule has 1 saturated carbocycles. The Morgan fingerprint density at radius 3 is 2.12 bits per heavy atom. The van der Waals surface area contributed by atoms with Crippen molar-refractivity contribution >= 4 is 17.6 Å². The molecule has 2 aliphatic heterocycles. The third kappa shape index (κ3) is 4.93. The minimum absolute atomic E-state index is 0.0124. The zero-order valence-corrected chi connectivity index (χ0v) is 22.4. The fraction of sp³-hybridized carbons (Fsp3) is 0.375. The summed E-state index contributed by atoms with van der Waals surface area (Å²) in [5.41, 5.74) is 2.50. The largest absolute Gasteiger partial charge is 0.486 e. The number of amides is 1. The average molecular weight is 542 g/mol. The van der Waals surface area contributed by atoms with Crippen LogP contribution in [0.2, 0.25) is 0 Å². The summed E-state index contributed by atoms with van der Waals surface area (Å²) in [4.78, 5) is 31.9. The summed E-state index contributed by atoms with van der Waals surface area (Å²) in [5, 5.41) is 22.1. The highest BCUT2D eigenvalue weighted by atomic mass is 16.5. The van der Waals surface area contributed by atoms with Crippen LogP contribution in [0.1, 0.15) is 42.7 Å². The number of aliphatic hydroxyl groups excluding tert-OH is 1. The second-order valence-electron chi connectivity index (χ2n) is 10.9. The predicted molar refractivity (Wildman–Crippen MR) is 151 cm³/mol. The standard InChI is InChI=1S/C32H35N3O5/c36-30(29(22-11-3-1-4-12-22)23-13-5-2-6-14-23)33-19-20-34(26(21-33)31(37)38)32(39)35-24-15-7-9-17-27(24)40-28-18-10-8-16-25(28)35/h1-7,9,11-15,17,25-26,28-29,32,39H,8,10,16,18-21H2,(H,37,38)/t25?,26-,28?,32?/m0/s1. The number of anilines is 1. The van der Waals surface area contributed by atoms with Gasteiger partial charge in [-0.25, -0.2) is 4.90 Å². The number of para-hydroxylation sites is 2. The highest BCUT2D eigenvalue weighted by molar-refractivity contribution is 5.88. The van der Waals surface area contributed by atoms with Crippen LogP contribution in [0.4, 0.5) is 5.69 Å². The van der Waals surface area contributed by atoms with Crippen molar-refractivity contribution in [2.75, 3.05) is 24.5 Å². The smallest absolute Gasteiger partial charge is 0.322 e. The Morgan fingerprint density at radius 2 is 1.45 bits per heavy atom. The first-order valence-corrected chi connectivity index (χ1v) is 14.1. The minimum Gasteiger partial charge on any atom is -0.486 e. The number of nitrogens with zero attached hydrogens (tertiary/aromatic N) is 3. The monoisotopic (exact) mass is 541 g/mol. The van der Waals surface area contributed by atoms with Gasteiger partial charge in [0, 0.05) is 19.6 Å². The van der Waals surface area contributed by atoms with Crippen LogP contribution in [0.5, 0.6) is 5.75 Å². The molecule has 0 radical (unpaired) electrons. The summed E-state index contributed by atoms with van der Waals surface area (Å²) in [6.45, 7) is 0.536. The first-order chi connectivity index (χ1) is 19.5. The van der Waals surface area contributed by atoms with Crippen molar-refractivity contribution in [2.24, 2.45) is 0 Å². The maximum absolute atomic E-state index is 14.0. The van der Waals surface area contributed by atoms with Crippen molar-refractivity contribution in [3.8, 4) is 5.75 Å². The summed E-state index contributed by atoms with van der Waals surface area (Å²) in [7, 11) is 0. The van der Waals surface area contributed by atoms with E-state index >= 15 is 0 Å². The Hall–Kier alpha value is -3.88. The van der Waals surface area contributed by atoms with Gasteiger partial charge in [0.25, 0.3) is 0 Å². The molecule has 40 heavy (non-hydrogen) atoms. The van der Waals surface area contributed by atoms with Gasteiger partial charge in [-0.1, -0.05) is 79.2 Å². The van der Waals surface area contributed by atoms with E-state index in [1.54, 1.807) is 9.80 Å².